The van der Waals surface area contributed by atoms with E-state index in [0.29, 0.717) is 6.54 Å². The van der Waals surface area contributed by atoms with Crippen molar-refractivity contribution in [2.75, 3.05) is 33.2 Å². The van der Waals surface area contributed by atoms with E-state index in [0.717, 1.165) is 4.90 Å². The van der Waals surface area contributed by atoms with Crippen LogP contribution in [0.5, 0.6) is 0 Å². The number of nitrogens with one attached hydrogen (secondary N) is 2. The Labute approximate surface area is 115 Å². The van der Waals surface area contributed by atoms with Crippen molar-refractivity contribution in [2.45, 2.75) is 13.0 Å². The SMILES string of the molecule is CCN(C)C(=O)CNC(=O)N1CC(=O)NCC1C(=O)O. The quantitative estimate of drug-likeness (QED) is 0.555. The van der Waals surface area contributed by atoms with Crippen LogP contribution < -0.4 is 10.6 Å². The van der Waals surface area contributed by atoms with Crippen molar-refractivity contribution in [1.29, 1.82) is 0 Å². The van der Waals surface area contributed by atoms with Crippen molar-refractivity contribution >= 4 is 23.8 Å². The van der Waals surface area contributed by atoms with E-state index in [1.54, 1.807) is 14.0 Å². The number of rotatable bonds is 4. The van der Waals surface area contributed by atoms with Crippen LogP contribution >= 0.6 is 0 Å². The molecule has 1 aliphatic heterocycles. The van der Waals surface area contributed by atoms with Crippen molar-refractivity contribution in [2.24, 2.45) is 0 Å². The number of hydrogen-bond acceptors (Lipinski definition) is 4. The average Bonchev–Trinajstić information content (AvgIpc) is 2.42. The van der Waals surface area contributed by atoms with E-state index in [2.05, 4.69) is 10.6 Å². The number of urea groups is 1. The molecule has 9 heteroatoms. The fraction of sp³-hybridized carbons (Fsp3) is 0.636. The molecule has 1 saturated heterocycles. The molecule has 1 heterocycles. The molecule has 112 valence electrons. The van der Waals surface area contributed by atoms with Crippen LogP contribution in [0.25, 0.3) is 0 Å². The van der Waals surface area contributed by atoms with Gasteiger partial charge in [0.2, 0.25) is 11.8 Å². The normalized spacial score (nSPS) is 18.2. The van der Waals surface area contributed by atoms with Crippen LogP contribution in [0, 0.1) is 0 Å². The number of hydrogen-bond donors (Lipinski definition) is 3. The third-order valence-corrected chi connectivity index (χ3v) is 3.02. The summed E-state index contributed by atoms with van der Waals surface area (Å²) in [5.74, 6) is -1.94. The van der Waals surface area contributed by atoms with Crippen LogP contribution in [-0.2, 0) is 14.4 Å². The van der Waals surface area contributed by atoms with E-state index in [1.165, 1.54) is 4.90 Å². The molecule has 0 bridgehead atoms. The number of carbonyl (C=O) groups is 4. The van der Waals surface area contributed by atoms with Crippen LogP contribution in [0.2, 0.25) is 0 Å². The molecular weight excluding hydrogens is 268 g/mol. The van der Waals surface area contributed by atoms with Gasteiger partial charge in [0.1, 0.15) is 12.6 Å². The van der Waals surface area contributed by atoms with Gasteiger partial charge >= 0.3 is 12.0 Å². The van der Waals surface area contributed by atoms with Crippen LogP contribution in [0.4, 0.5) is 4.79 Å². The summed E-state index contributed by atoms with van der Waals surface area (Å²) in [6.45, 7) is 1.55. The number of piperazine rings is 1. The monoisotopic (exact) mass is 286 g/mol. The molecule has 1 aliphatic rings. The summed E-state index contributed by atoms with van der Waals surface area (Å²) in [5, 5.41) is 13.7. The second kappa shape index (κ2) is 6.73. The van der Waals surface area contributed by atoms with Crippen LogP contribution in [0.1, 0.15) is 6.92 Å². The van der Waals surface area contributed by atoms with E-state index in [1.807, 2.05) is 0 Å². The fourth-order valence-electron chi connectivity index (χ4n) is 1.64. The van der Waals surface area contributed by atoms with Gasteiger partial charge in [0, 0.05) is 20.1 Å². The summed E-state index contributed by atoms with van der Waals surface area (Å²) in [4.78, 5) is 48.0. The first-order valence-electron chi connectivity index (χ1n) is 6.14. The van der Waals surface area contributed by atoms with Gasteiger partial charge in [-0.3, -0.25) is 14.5 Å². The van der Waals surface area contributed by atoms with Gasteiger partial charge in [-0.1, -0.05) is 0 Å². The Kier molecular flexibility index (Phi) is 5.30. The molecule has 4 amide bonds. The van der Waals surface area contributed by atoms with Gasteiger partial charge in [0.25, 0.3) is 0 Å². The van der Waals surface area contributed by atoms with Crippen molar-refractivity contribution in [3.8, 4) is 0 Å². The molecule has 0 aliphatic carbocycles. The van der Waals surface area contributed by atoms with Gasteiger partial charge in [-0.2, -0.15) is 0 Å². The number of carbonyl (C=O) groups excluding carboxylic acids is 3. The molecule has 1 rings (SSSR count). The van der Waals surface area contributed by atoms with Crippen molar-refractivity contribution < 1.29 is 24.3 Å². The van der Waals surface area contributed by atoms with Gasteiger partial charge in [-0.05, 0) is 6.92 Å². The number of amides is 4. The number of likely N-dealkylation sites (N-methyl/N-ethyl adjacent to an activating group) is 1. The molecule has 0 aromatic rings. The van der Waals surface area contributed by atoms with Crippen molar-refractivity contribution in [3.05, 3.63) is 0 Å². The molecule has 9 nitrogen and oxygen atoms in total. The predicted octanol–water partition coefficient (Wildman–Crippen LogP) is -1.94. The molecule has 3 N–H and O–H groups in total. The molecule has 0 spiro atoms. The first kappa shape index (κ1) is 15.7. The van der Waals surface area contributed by atoms with Crippen LogP contribution in [0.3, 0.4) is 0 Å². The molecule has 0 saturated carbocycles. The van der Waals surface area contributed by atoms with E-state index >= 15 is 0 Å². The highest BCUT2D eigenvalue weighted by Gasteiger charge is 2.35. The van der Waals surface area contributed by atoms with Crippen LogP contribution in [0.15, 0.2) is 0 Å². The summed E-state index contributed by atoms with van der Waals surface area (Å²) in [7, 11) is 1.59. The predicted molar refractivity (Wildman–Crippen MR) is 67.8 cm³/mol. The molecule has 0 aromatic carbocycles. The Balaban J connectivity index is 2.61. The molecule has 0 radical (unpaired) electrons. The third-order valence-electron chi connectivity index (χ3n) is 3.02. The minimum absolute atomic E-state index is 0.148. The zero-order valence-electron chi connectivity index (χ0n) is 11.4. The fourth-order valence-corrected chi connectivity index (χ4v) is 1.64. The number of nitrogens with zero attached hydrogens (tertiary/aromatic N) is 2. The second-order valence-corrected chi connectivity index (χ2v) is 4.35. The van der Waals surface area contributed by atoms with Gasteiger partial charge in [0.15, 0.2) is 0 Å². The summed E-state index contributed by atoms with van der Waals surface area (Å²) in [6, 6.07) is -1.88. The smallest absolute Gasteiger partial charge is 0.328 e. The third kappa shape index (κ3) is 3.84. The van der Waals surface area contributed by atoms with E-state index in [-0.39, 0.29) is 25.5 Å². The number of aliphatic carboxylic acids is 1. The van der Waals surface area contributed by atoms with Crippen molar-refractivity contribution in [3.63, 3.8) is 0 Å². The lowest BCUT2D eigenvalue weighted by atomic mass is 10.2. The van der Waals surface area contributed by atoms with Gasteiger partial charge in [-0.15, -0.1) is 0 Å². The molecule has 0 aromatic heterocycles. The van der Waals surface area contributed by atoms with E-state index in [9.17, 15) is 19.2 Å². The van der Waals surface area contributed by atoms with Gasteiger partial charge in [-0.25, -0.2) is 9.59 Å². The minimum Gasteiger partial charge on any atom is -0.480 e. The lowest BCUT2D eigenvalue weighted by molar-refractivity contribution is -0.144. The maximum absolute atomic E-state index is 11.9. The zero-order chi connectivity index (χ0) is 15.3. The topological polar surface area (TPSA) is 119 Å². The maximum atomic E-state index is 11.9. The number of carboxylic acid groups (broad SMARTS) is 1. The molecule has 1 unspecified atom stereocenters. The van der Waals surface area contributed by atoms with E-state index < -0.39 is 23.9 Å². The number of carboxylic acids is 1. The van der Waals surface area contributed by atoms with E-state index in [4.69, 9.17) is 5.11 Å². The lowest BCUT2D eigenvalue weighted by Gasteiger charge is -2.32. The first-order chi connectivity index (χ1) is 9.36. The summed E-state index contributed by atoms with van der Waals surface area (Å²) in [6.07, 6.45) is 0. The van der Waals surface area contributed by atoms with Crippen molar-refractivity contribution in [1.82, 2.24) is 20.4 Å². The minimum atomic E-state index is -1.21. The molecule has 1 fully saturated rings. The largest absolute Gasteiger partial charge is 0.480 e. The highest BCUT2D eigenvalue weighted by atomic mass is 16.4. The Hall–Kier alpha value is -2.32. The Morgan fingerprint density at radius 1 is 1.50 bits per heavy atom. The highest BCUT2D eigenvalue weighted by Crippen LogP contribution is 2.04. The molecule has 1 atom stereocenters. The maximum Gasteiger partial charge on any atom is 0.328 e. The molecule has 20 heavy (non-hydrogen) atoms. The Morgan fingerprint density at radius 3 is 2.70 bits per heavy atom. The Bertz CT molecular complexity index is 425. The Morgan fingerprint density at radius 2 is 2.15 bits per heavy atom. The first-order valence-corrected chi connectivity index (χ1v) is 6.14. The highest BCUT2D eigenvalue weighted by molar-refractivity contribution is 5.92. The van der Waals surface area contributed by atoms with Gasteiger partial charge < -0.3 is 20.6 Å². The van der Waals surface area contributed by atoms with Crippen LogP contribution in [-0.4, -0.2) is 78.0 Å². The summed E-state index contributed by atoms with van der Waals surface area (Å²) < 4.78 is 0. The molecular formula is C11H18N4O5. The summed E-state index contributed by atoms with van der Waals surface area (Å²) in [5.41, 5.74) is 0. The lowest BCUT2D eigenvalue weighted by Crippen LogP contribution is -2.61. The van der Waals surface area contributed by atoms with Gasteiger partial charge in [0.05, 0.1) is 6.54 Å². The standard InChI is InChI=1S/C11H18N4O5/c1-3-14(2)9(17)5-13-11(20)15-6-8(16)12-4-7(15)10(18)19/h7H,3-6H2,1-2H3,(H,12,16)(H,13,20)(H,18,19). The second-order valence-electron chi connectivity index (χ2n) is 4.35. The average molecular weight is 286 g/mol. The summed E-state index contributed by atoms with van der Waals surface area (Å²) >= 11 is 0. The zero-order valence-corrected chi connectivity index (χ0v) is 11.4.